The topological polar surface area (TPSA) is 122 Å². The van der Waals surface area contributed by atoms with Gasteiger partial charge in [-0.2, -0.15) is 0 Å². The molecule has 1 saturated heterocycles. The molecule has 0 bridgehead atoms. The fourth-order valence-electron chi connectivity index (χ4n) is 3.71. The number of hydrogen-bond acceptors (Lipinski definition) is 7. The fraction of sp³-hybridized carbons (Fsp3) is 0.261. The number of nitrogens with zero attached hydrogens (tertiary/aromatic N) is 3. The molecule has 2 heterocycles. The number of carbonyl (C=O) groups is 1. The predicted octanol–water partition coefficient (Wildman–Crippen LogP) is 3.71. The molecular formula is C23H22F2N4O5S. The first-order valence-corrected chi connectivity index (χ1v) is 12.3. The van der Waals surface area contributed by atoms with E-state index in [1.165, 1.54) is 18.2 Å². The maximum atomic E-state index is 14.2. The predicted molar refractivity (Wildman–Crippen MR) is 124 cm³/mol. The number of anilines is 2. The molecule has 0 unspecified atom stereocenters. The van der Waals surface area contributed by atoms with Crippen LogP contribution in [0.4, 0.5) is 25.1 Å². The van der Waals surface area contributed by atoms with E-state index in [2.05, 4.69) is 15.3 Å². The van der Waals surface area contributed by atoms with Gasteiger partial charge in [-0.05, 0) is 49.4 Å². The van der Waals surface area contributed by atoms with Gasteiger partial charge in [0.25, 0.3) is 0 Å². The molecule has 4 rings (SSSR count). The molecule has 0 spiro atoms. The largest absolute Gasteiger partial charge is 0.465 e. The monoisotopic (exact) mass is 504 g/mol. The van der Waals surface area contributed by atoms with Gasteiger partial charge in [0.15, 0.2) is 15.7 Å². The number of hydrogen-bond donors (Lipinski definition) is 2. The summed E-state index contributed by atoms with van der Waals surface area (Å²) < 4.78 is 59.2. The Bertz CT molecular complexity index is 1350. The van der Waals surface area contributed by atoms with Gasteiger partial charge in [-0.25, -0.2) is 32.0 Å². The van der Waals surface area contributed by atoms with Crippen LogP contribution >= 0.6 is 0 Å². The van der Waals surface area contributed by atoms with Crippen LogP contribution in [0, 0.1) is 11.6 Å². The highest BCUT2D eigenvalue weighted by Gasteiger charge is 2.25. The summed E-state index contributed by atoms with van der Waals surface area (Å²) in [5.74, 6) is -1.93. The second-order valence-corrected chi connectivity index (χ2v) is 9.96. The molecule has 12 heteroatoms. The number of morpholine rings is 1. The van der Waals surface area contributed by atoms with E-state index in [9.17, 15) is 22.0 Å². The van der Waals surface area contributed by atoms with Crippen molar-refractivity contribution in [3.05, 3.63) is 65.9 Å². The quantitative estimate of drug-likeness (QED) is 0.521. The van der Waals surface area contributed by atoms with Gasteiger partial charge >= 0.3 is 6.09 Å². The van der Waals surface area contributed by atoms with Crippen molar-refractivity contribution in [3.8, 4) is 11.4 Å². The van der Waals surface area contributed by atoms with Crippen LogP contribution in [0.5, 0.6) is 0 Å². The van der Waals surface area contributed by atoms with Crippen molar-refractivity contribution >= 4 is 27.4 Å². The lowest BCUT2D eigenvalue weighted by Gasteiger charge is -2.34. The lowest BCUT2D eigenvalue weighted by atomic mass is 10.2. The minimum atomic E-state index is -4.27. The van der Waals surface area contributed by atoms with E-state index < -0.39 is 38.2 Å². The smallest absolute Gasteiger partial charge is 0.409 e. The maximum Gasteiger partial charge on any atom is 0.409 e. The summed E-state index contributed by atoms with van der Waals surface area (Å²) in [6.07, 6.45) is -1.21. The average molecular weight is 505 g/mol. The summed E-state index contributed by atoms with van der Waals surface area (Å²) in [6.45, 7) is 3.37. The molecule has 9 nitrogen and oxygen atoms in total. The van der Waals surface area contributed by atoms with Gasteiger partial charge in [0.05, 0.1) is 30.7 Å². The molecule has 0 aliphatic carbocycles. The van der Waals surface area contributed by atoms with Crippen molar-refractivity contribution in [2.24, 2.45) is 0 Å². The second-order valence-electron chi connectivity index (χ2n) is 8.00. The molecule has 1 amide bonds. The Morgan fingerprint density at radius 3 is 2.60 bits per heavy atom. The number of halogens is 2. The van der Waals surface area contributed by atoms with Gasteiger partial charge in [0, 0.05) is 23.9 Å². The Hall–Kier alpha value is -3.64. The number of sulfone groups is 1. The SMILES string of the molecule is C[C@H]1COCCN1c1cc(CS(=O)(=O)c2cc(F)ccc2F)nc(-c2ccc(NC(=O)O)cc2)n1. The Labute approximate surface area is 200 Å². The third-order valence-corrected chi connectivity index (χ3v) is 7.05. The molecule has 1 aliphatic heterocycles. The third kappa shape index (κ3) is 5.72. The number of rotatable bonds is 6. The van der Waals surface area contributed by atoms with Crippen molar-refractivity contribution in [2.45, 2.75) is 23.6 Å². The van der Waals surface area contributed by atoms with Crippen molar-refractivity contribution in [1.82, 2.24) is 9.97 Å². The Morgan fingerprint density at radius 1 is 1.17 bits per heavy atom. The van der Waals surface area contributed by atoms with E-state index in [0.717, 1.165) is 12.1 Å². The number of ether oxygens (including phenoxy) is 1. The summed E-state index contributed by atoms with van der Waals surface area (Å²) in [6, 6.07) is 9.96. The van der Waals surface area contributed by atoms with Crippen LogP contribution in [0.25, 0.3) is 11.4 Å². The third-order valence-electron chi connectivity index (χ3n) is 5.39. The first-order chi connectivity index (χ1) is 16.6. The molecule has 1 aromatic heterocycles. The van der Waals surface area contributed by atoms with Crippen LogP contribution in [0.15, 0.2) is 53.4 Å². The maximum absolute atomic E-state index is 14.2. The molecule has 1 atom stereocenters. The zero-order valence-electron chi connectivity index (χ0n) is 18.6. The van der Waals surface area contributed by atoms with Crippen molar-refractivity contribution in [3.63, 3.8) is 0 Å². The number of amides is 1. The number of aromatic nitrogens is 2. The highest BCUT2D eigenvalue weighted by atomic mass is 32.2. The molecule has 35 heavy (non-hydrogen) atoms. The van der Waals surface area contributed by atoms with Crippen LogP contribution in [0.3, 0.4) is 0 Å². The Kier molecular flexibility index (Phi) is 6.94. The minimum absolute atomic E-state index is 0.0428. The molecule has 0 saturated carbocycles. The fourth-order valence-corrected chi connectivity index (χ4v) is 5.06. The van der Waals surface area contributed by atoms with Gasteiger partial charge in [0.2, 0.25) is 0 Å². The second kappa shape index (κ2) is 9.92. The number of benzene rings is 2. The summed E-state index contributed by atoms with van der Waals surface area (Å²) in [4.78, 5) is 21.0. The van der Waals surface area contributed by atoms with E-state index in [1.54, 1.807) is 12.1 Å². The minimum Gasteiger partial charge on any atom is -0.465 e. The molecule has 1 aliphatic rings. The zero-order valence-corrected chi connectivity index (χ0v) is 19.4. The average Bonchev–Trinajstić information content (AvgIpc) is 2.80. The van der Waals surface area contributed by atoms with E-state index in [-0.39, 0.29) is 17.6 Å². The summed E-state index contributed by atoms with van der Waals surface area (Å²) in [5.41, 5.74) is 0.947. The van der Waals surface area contributed by atoms with Crippen molar-refractivity contribution < 1.29 is 31.8 Å². The highest BCUT2D eigenvalue weighted by Crippen LogP contribution is 2.27. The Morgan fingerprint density at radius 2 is 1.91 bits per heavy atom. The highest BCUT2D eigenvalue weighted by molar-refractivity contribution is 7.90. The molecule has 2 aromatic carbocycles. The van der Waals surface area contributed by atoms with Crippen LogP contribution in [0.2, 0.25) is 0 Å². The molecule has 0 radical (unpaired) electrons. The van der Waals surface area contributed by atoms with E-state index in [4.69, 9.17) is 9.84 Å². The van der Waals surface area contributed by atoms with Crippen LogP contribution in [0.1, 0.15) is 12.6 Å². The van der Waals surface area contributed by atoms with Gasteiger partial charge in [-0.1, -0.05) is 0 Å². The van der Waals surface area contributed by atoms with Crippen molar-refractivity contribution in [1.29, 1.82) is 0 Å². The first kappa shape index (κ1) is 24.5. The number of nitrogens with one attached hydrogen (secondary N) is 1. The normalized spacial score (nSPS) is 16.2. The standard InChI is InChI=1S/C23H22F2N4O5S/c1-14-12-34-9-8-29(14)21-11-18(13-35(32,33)20-10-16(24)4-7-19(20)25)26-22(28-21)15-2-5-17(6-3-15)27-23(30)31/h2-7,10-11,14,27H,8-9,12-13H2,1H3,(H,30,31)/t14-/m0/s1. The van der Waals surface area contributed by atoms with Crippen LogP contribution < -0.4 is 10.2 Å². The van der Waals surface area contributed by atoms with Crippen LogP contribution in [-0.4, -0.2) is 55.4 Å². The van der Waals surface area contributed by atoms with Gasteiger partial charge in [-0.3, -0.25) is 5.32 Å². The lowest BCUT2D eigenvalue weighted by molar-refractivity contribution is 0.0985. The van der Waals surface area contributed by atoms with E-state index in [0.29, 0.717) is 42.9 Å². The van der Waals surface area contributed by atoms with E-state index in [1.807, 2.05) is 11.8 Å². The van der Waals surface area contributed by atoms with Crippen molar-refractivity contribution in [2.75, 3.05) is 30.0 Å². The van der Waals surface area contributed by atoms with E-state index >= 15 is 0 Å². The summed E-state index contributed by atoms with van der Waals surface area (Å²) in [5, 5.41) is 11.1. The molecular weight excluding hydrogens is 482 g/mol. The Balaban J connectivity index is 1.75. The first-order valence-electron chi connectivity index (χ1n) is 10.6. The molecule has 3 aromatic rings. The molecule has 2 N–H and O–H groups in total. The van der Waals surface area contributed by atoms with Gasteiger partial charge in [0.1, 0.15) is 22.3 Å². The van der Waals surface area contributed by atoms with Gasteiger partial charge in [-0.15, -0.1) is 0 Å². The molecule has 1 fully saturated rings. The lowest BCUT2D eigenvalue weighted by Crippen LogP contribution is -2.44. The van der Waals surface area contributed by atoms with Gasteiger partial charge < -0.3 is 14.7 Å². The van der Waals surface area contributed by atoms with Crippen LogP contribution in [-0.2, 0) is 20.3 Å². The zero-order chi connectivity index (χ0) is 25.2. The summed E-state index contributed by atoms with van der Waals surface area (Å²) >= 11 is 0. The molecule has 184 valence electrons. The number of carboxylic acid groups (broad SMARTS) is 1. The summed E-state index contributed by atoms with van der Waals surface area (Å²) in [7, 11) is -4.27.